The molecule has 0 aliphatic heterocycles. The number of H-pyrrole nitrogens is 1. The van der Waals surface area contributed by atoms with Gasteiger partial charge in [-0.15, -0.1) is 0 Å². The molecule has 0 radical (unpaired) electrons. The molecule has 0 spiro atoms. The highest BCUT2D eigenvalue weighted by atomic mass is 19.2. The number of nitrogens with one attached hydrogen (secondary N) is 2. The van der Waals surface area contributed by atoms with E-state index in [0.29, 0.717) is 12.1 Å². The van der Waals surface area contributed by atoms with Gasteiger partial charge in [-0.2, -0.15) is 5.10 Å². The maximum absolute atomic E-state index is 13.1. The van der Waals surface area contributed by atoms with Crippen molar-refractivity contribution in [3.05, 3.63) is 71.9 Å². The van der Waals surface area contributed by atoms with Crippen LogP contribution in [0.2, 0.25) is 0 Å². The van der Waals surface area contributed by atoms with Crippen LogP contribution in [0.1, 0.15) is 5.56 Å². The van der Waals surface area contributed by atoms with E-state index in [1.807, 2.05) is 30.3 Å². The summed E-state index contributed by atoms with van der Waals surface area (Å²) in [5, 5.41) is 10.0. The van der Waals surface area contributed by atoms with Crippen molar-refractivity contribution in [3.63, 3.8) is 0 Å². The molecule has 0 atom stereocenters. The van der Waals surface area contributed by atoms with Gasteiger partial charge < -0.3 is 5.32 Å². The zero-order valence-corrected chi connectivity index (χ0v) is 11.1. The van der Waals surface area contributed by atoms with Crippen molar-refractivity contribution in [2.75, 3.05) is 5.32 Å². The Morgan fingerprint density at radius 3 is 2.67 bits per heavy atom. The summed E-state index contributed by atoms with van der Waals surface area (Å²) in [6, 6.07) is 13.5. The number of halogens is 2. The Balaban J connectivity index is 1.73. The molecule has 0 aliphatic carbocycles. The van der Waals surface area contributed by atoms with Crippen LogP contribution in [0.3, 0.4) is 0 Å². The van der Waals surface area contributed by atoms with Gasteiger partial charge in [-0.3, -0.25) is 5.10 Å². The molecule has 1 heterocycles. The summed E-state index contributed by atoms with van der Waals surface area (Å²) in [5.41, 5.74) is 3.50. The Bertz CT molecular complexity index is 739. The molecule has 0 saturated heterocycles. The van der Waals surface area contributed by atoms with Crippen LogP contribution < -0.4 is 5.32 Å². The van der Waals surface area contributed by atoms with E-state index in [0.717, 1.165) is 23.0 Å². The first-order valence-electron chi connectivity index (χ1n) is 6.50. The van der Waals surface area contributed by atoms with Crippen LogP contribution in [0.25, 0.3) is 11.3 Å². The molecule has 106 valence electrons. The molecular weight excluding hydrogens is 272 g/mol. The van der Waals surface area contributed by atoms with Gasteiger partial charge in [0.2, 0.25) is 0 Å². The first-order valence-corrected chi connectivity index (χ1v) is 6.50. The predicted molar refractivity (Wildman–Crippen MR) is 77.7 cm³/mol. The monoisotopic (exact) mass is 285 g/mol. The second kappa shape index (κ2) is 5.75. The van der Waals surface area contributed by atoms with Gasteiger partial charge in [-0.1, -0.05) is 18.2 Å². The highest BCUT2D eigenvalue weighted by Crippen LogP contribution is 2.21. The SMILES string of the molecule is Fc1ccc(CNc2cccc(-c3ccn[nH]3)c2)cc1F. The molecule has 3 rings (SSSR count). The summed E-state index contributed by atoms with van der Waals surface area (Å²) >= 11 is 0. The number of rotatable bonds is 4. The Morgan fingerprint density at radius 1 is 1.00 bits per heavy atom. The Labute approximate surface area is 120 Å². The average Bonchev–Trinajstić information content (AvgIpc) is 3.03. The van der Waals surface area contributed by atoms with Crippen molar-refractivity contribution in [3.8, 4) is 11.3 Å². The largest absolute Gasteiger partial charge is 0.381 e. The standard InChI is InChI=1S/C16H13F2N3/c17-14-5-4-11(8-15(14)18)10-19-13-3-1-2-12(9-13)16-6-7-20-21-16/h1-9,19H,10H2,(H,20,21). The Hall–Kier alpha value is -2.69. The number of aromatic nitrogens is 2. The van der Waals surface area contributed by atoms with Gasteiger partial charge in [0.1, 0.15) is 0 Å². The lowest BCUT2D eigenvalue weighted by Crippen LogP contribution is -2.00. The van der Waals surface area contributed by atoms with Gasteiger partial charge in [0.25, 0.3) is 0 Å². The fourth-order valence-electron chi connectivity index (χ4n) is 2.07. The molecule has 0 aliphatic rings. The molecule has 0 saturated carbocycles. The van der Waals surface area contributed by atoms with Crippen LogP contribution in [0, 0.1) is 11.6 Å². The quantitative estimate of drug-likeness (QED) is 0.761. The van der Waals surface area contributed by atoms with Crippen molar-refractivity contribution in [1.82, 2.24) is 10.2 Å². The second-order valence-electron chi connectivity index (χ2n) is 4.65. The van der Waals surface area contributed by atoms with Gasteiger partial charge in [-0.25, -0.2) is 8.78 Å². The summed E-state index contributed by atoms with van der Waals surface area (Å²) in [6.45, 7) is 0.420. The normalized spacial score (nSPS) is 10.6. The second-order valence-corrected chi connectivity index (χ2v) is 4.65. The fourth-order valence-corrected chi connectivity index (χ4v) is 2.07. The van der Waals surface area contributed by atoms with Crippen molar-refractivity contribution < 1.29 is 8.78 Å². The molecular formula is C16H13F2N3. The number of hydrogen-bond donors (Lipinski definition) is 2. The van der Waals surface area contributed by atoms with E-state index < -0.39 is 11.6 Å². The van der Waals surface area contributed by atoms with Crippen molar-refractivity contribution in [2.24, 2.45) is 0 Å². The Kier molecular flexibility index (Phi) is 3.64. The summed E-state index contributed by atoms with van der Waals surface area (Å²) in [4.78, 5) is 0. The smallest absolute Gasteiger partial charge is 0.159 e. The van der Waals surface area contributed by atoms with Gasteiger partial charge in [-0.05, 0) is 35.9 Å². The summed E-state index contributed by atoms with van der Waals surface area (Å²) < 4.78 is 26.0. The maximum Gasteiger partial charge on any atom is 0.159 e. The zero-order valence-electron chi connectivity index (χ0n) is 11.1. The van der Waals surface area contributed by atoms with E-state index in [2.05, 4.69) is 15.5 Å². The average molecular weight is 285 g/mol. The van der Waals surface area contributed by atoms with E-state index in [1.54, 1.807) is 12.3 Å². The van der Waals surface area contributed by atoms with Crippen molar-refractivity contribution in [1.29, 1.82) is 0 Å². The van der Waals surface area contributed by atoms with Crippen LogP contribution in [-0.4, -0.2) is 10.2 Å². The lowest BCUT2D eigenvalue weighted by molar-refractivity contribution is 0.507. The van der Waals surface area contributed by atoms with Gasteiger partial charge in [0.15, 0.2) is 11.6 Å². The minimum absolute atomic E-state index is 0.420. The van der Waals surface area contributed by atoms with Crippen LogP contribution in [-0.2, 0) is 6.54 Å². The third-order valence-electron chi connectivity index (χ3n) is 3.15. The van der Waals surface area contributed by atoms with E-state index >= 15 is 0 Å². The van der Waals surface area contributed by atoms with Crippen molar-refractivity contribution in [2.45, 2.75) is 6.54 Å². The molecule has 0 unspecified atom stereocenters. The van der Waals surface area contributed by atoms with E-state index in [1.165, 1.54) is 6.07 Å². The number of hydrogen-bond acceptors (Lipinski definition) is 2. The van der Waals surface area contributed by atoms with Crippen LogP contribution in [0.5, 0.6) is 0 Å². The minimum Gasteiger partial charge on any atom is -0.381 e. The molecule has 0 bridgehead atoms. The Morgan fingerprint density at radius 2 is 1.90 bits per heavy atom. The summed E-state index contributed by atoms with van der Waals surface area (Å²) in [6.07, 6.45) is 1.69. The predicted octanol–water partition coefficient (Wildman–Crippen LogP) is 3.97. The van der Waals surface area contributed by atoms with E-state index in [4.69, 9.17) is 0 Å². The molecule has 0 fully saturated rings. The third-order valence-corrected chi connectivity index (χ3v) is 3.15. The molecule has 1 aromatic heterocycles. The number of nitrogens with zero attached hydrogens (tertiary/aromatic N) is 1. The number of benzene rings is 2. The van der Waals surface area contributed by atoms with E-state index in [-0.39, 0.29) is 0 Å². The number of anilines is 1. The molecule has 2 N–H and O–H groups in total. The van der Waals surface area contributed by atoms with Gasteiger partial charge in [0, 0.05) is 24.0 Å². The van der Waals surface area contributed by atoms with E-state index in [9.17, 15) is 8.78 Å². The lowest BCUT2D eigenvalue weighted by Gasteiger charge is -2.08. The van der Waals surface area contributed by atoms with Crippen LogP contribution in [0.15, 0.2) is 54.7 Å². The fraction of sp³-hybridized carbons (Fsp3) is 0.0625. The van der Waals surface area contributed by atoms with Gasteiger partial charge in [0.05, 0.1) is 5.69 Å². The molecule has 21 heavy (non-hydrogen) atoms. The molecule has 2 aromatic carbocycles. The topological polar surface area (TPSA) is 40.7 Å². The van der Waals surface area contributed by atoms with Gasteiger partial charge >= 0.3 is 0 Å². The maximum atomic E-state index is 13.1. The molecule has 3 nitrogen and oxygen atoms in total. The first-order chi connectivity index (χ1) is 10.2. The molecule has 0 amide bonds. The molecule has 3 aromatic rings. The first kappa shape index (κ1) is 13.3. The summed E-state index contributed by atoms with van der Waals surface area (Å²) in [7, 11) is 0. The number of aromatic amines is 1. The van der Waals surface area contributed by atoms with Crippen molar-refractivity contribution >= 4 is 5.69 Å². The van der Waals surface area contributed by atoms with Crippen LogP contribution >= 0.6 is 0 Å². The highest BCUT2D eigenvalue weighted by molar-refractivity contribution is 5.64. The zero-order chi connectivity index (χ0) is 14.7. The minimum atomic E-state index is -0.833. The lowest BCUT2D eigenvalue weighted by atomic mass is 10.1. The highest BCUT2D eigenvalue weighted by Gasteiger charge is 2.03. The molecule has 5 heteroatoms. The third kappa shape index (κ3) is 3.08. The van der Waals surface area contributed by atoms with Crippen LogP contribution in [0.4, 0.5) is 14.5 Å². The summed E-state index contributed by atoms with van der Waals surface area (Å²) in [5.74, 6) is -1.67.